The van der Waals surface area contributed by atoms with Crippen LogP contribution in [0.2, 0.25) is 5.02 Å². The van der Waals surface area contributed by atoms with Gasteiger partial charge in [-0.15, -0.1) is 0 Å². The quantitative estimate of drug-likeness (QED) is 0.630. The lowest BCUT2D eigenvalue weighted by molar-refractivity contribution is 1.33. The number of hydrogen-bond donors (Lipinski definition) is 0. The van der Waals surface area contributed by atoms with Crippen LogP contribution < -0.4 is 0 Å². The molecule has 0 aliphatic heterocycles. The molecule has 3 rings (SSSR count). The van der Waals surface area contributed by atoms with E-state index < -0.39 is 0 Å². The molecule has 3 aromatic rings. The smallest absolute Gasteiger partial charge is 0.0708 e. The fraction of sp³-hybridized carbons (Fsp3) is 0. The van der Waals surface area contributed by atoms with Crippen molar-refractivity contribution in [2.45, 2.75) is 0 Å². The molecule has 0 bridgehead atoms. The summed E-state index contributed by atoms with van der Waals surface area (Å²) in [6.45, 7) is 0. The fourth-order valence-electron chi connectivity index (χ4n) is 2.12. The number of aromatic nitrogens is 1. The molecule has 0 spiro atoms. The SMILES string of the molecule is Clc1ccc(-c2ccccn2)c(-c2ccccc2)c1. The van der Waals surface area contributed by atoms with E-state index in [1.807, 2.05) is 54.6 Å². The topological polar surface area (TPSA) is 12.9 Å². The Labute approximate surface area is 117 Å². The van der Waals surface area contributed by atoms with E-state index in [9.17, 15) is 0 Å². The summed E-state index contributed by atoms with van der Waals surface area (Å²) in [5.41, 5.74) is 4.30. The maximum atomic E-state index is 6.13. The Bertz CT molecular complexity index is 678. The molecular formula is C17H12ClN. The fourth-order valence-corrected chi connectivity index (χ4v) is 2.29. The minimum Gasteiger partial charge on any atom is -0.256 e. The number of halogens is 1. The van der Waals surface area contributed by atoms with Crippen molar-refractivity contribution in [2.24, 2.45) is 0 Å². The van der Waals surface area contributed by atoms with Crippen molar-refractivity contribution in [1.82, 2.24) is 4.98 Å². The molecule has 0 atom stereocenters. The molecule has 1 aromatic heterocycles. The van der Waals surface area contributed by atoms with Gasteiger partial charge in [0, 0.05) is 16.8 Å². The predicted molar refractivity (Wildman–Crippen MR) is 80.1 cm³/mol. The molecule has 2 aromatic carbocycles. The second-order valence-electron chi connectivity index (χ2n) is 4.27. The Balaban J connectivity index is 2.21. The van der Waals surface area contributed by atoms with Crippen molar-refractivity contribution in [3.8, 4) is 22.4 Å². The van der Waals surface area contributed by atoms with E-state index in [0.717, 1.165) is 27.4 Å². The normalized spacial score (nSPS) is 10.4. The highest BCUT2D eigenvalue weighted by Gasteiger charge is 2.08. The van der Waals surface area contributed by atoms with Crippen LogP contribution in [0.5, 0.6) is 0 Å². The first-order chi connectivity index (χ1) is 9.34. The van der Waals surface area contributed by atoms with Gasteiger partial charge in [-0.05, 0) is 35.4 Å². The molecule has 2 heteroatoms. The summed E-state index contributed by atoms with van der Waals surface area (Å²) in [6.07, 6.45) is 1.80. The number of benzene rings is 2. The zero-order valence-corrected chi connectivity index (χ0v) is 11.0. The van der Waals surface area contributed by atoms with Gasteiger partial charge in [0.25, 0.3) is 0 Å². The summed E-state index contributed by atoms with van der Waals surface area (Å²) in [5.74, 6) is 0. The third kappa shape index (κ3) is 2.51. The van der Waals surface area contributed by atoms with E-state index in [1.54, 1.807) is 6.20 Å². The Hall–Kier alpha value is -2.12. The van der Waals surface area contributed by atoms with E-state index in [1.165, 1.54) is 0 Å². The van der Waals surface area contributed by atoms with Gasteiger partial charge in [0.1, 0.15) is 0 Å². The highest BCUT2D eigenvalue weighted by atomic mass is 35.5. The summed E-state index contributed by atoms with van der Waals surface area (Å²) in [4.78, 5) is 4.42. The Morgan fingerprint density at radius 3 is 2.26 bits per heavy atom. The molecule has 0 amide bonds. The van der Waals surface area contributed by atoms with Gasteiger partial charge < -0.3 is 0 Å². The average Bonchev–Trinajstić information content (AvgIpc) is 2.49. The number of pyridine rings is 1. The van der Waals surface area contributed by atoms with Gasteiger partial charge in [-0.2, -0.15) is 0 Å². The molecule has 0 aliphatic rings. The lowest BCUT2D eigenvalue weighted by Crippen LogP contribution is -1.87. The maximum absolute atomic E-state index is 6.13. The highest BCUT2D eigenvalue weighted by molar-refractivity contribution is 6.31. The van der Waals surface area contributed by atoms with Gasteiger partial charge in [-0.25, -0.2) is 0 Å². The van der Waals surface area contributed by atoms with E-state index in [0.29, 0.717) is 0 Å². The molecular weight excluding hydrogens is 254 g/mol. The summed E-state index contributed by atoms with van der Waals surface area (Å²) in [6, 6.07) is 22.1. The molecule has 1 nitrogen and oxygen atoms in total. The molecule has 0 fully saturated rings. The lowest BCUT2D eigenvalue weighted by atomic mass is 9.97. The summed E-state index contributed by atoms with van der Waals surface area (Å²) in [7, 11) is 0. The molecule has 19 heavy (non-hydrogen) atoms. The van der Waals surface area contributed by atoms with Crippen molar-refractivity contribution in [2.75, 3.05) is 0 Å². The summed E-state index contributed by atoms with van der Waals surface area (Å²) in [5, 5.41) is 0.735. The summed E-state index contributed by atoms with van der Waals surface area (Å²) >= 11 is 6.13. The van der Waals surface area contributed by atoms with Crippen LogP contribution in [0.3, 0.4) is 0 Å². The Kier molecular flexibility index (Phi) is 3.30. The van der Waals surface area contributed by atoms with Crippen LogP contribution in [0.25, 0.3) is 22.4 Å². The molecule has 0 unspecified atom stereocenters. The third-order valence-corrected chi connectivity index (χ3v) is 3.24. The molecule has 92 valence electrons. The minimum absolute atomic E-state index is 0.735. The van der Waals surface area contributed by atoms with Crippen LogP contribution in [-0.2, 0) is 0 Å². The zero-order chi connectivity index (χ0) is 13.1. The van der Waals surface area contributed by atoms with Crippen LogP contribution in [0, 0.1) is 0 Å². The van der Waals surface area contributed by atoms with Gasteiger partial charge in [-0.1, -0.05) is 54.1 Å². The minimum atomic E-state index is 0.735. The van der Waals surface area contributed by atoms with Gasteiger partial charge in [0.15, 0.2) is 0 Å². The molecule has 0 radical (unpaired) electrons. The second-order valence-corrected chi connectivity index (χ2v) is 4.71. The average molecular weight is 266 g/mol. The number of nitrogens with zero attached hydrogens (tertiary/aromatic N) is 1. The zero-order valence-electron chi connectivity index (χ0n) is 10.3. The van der Waals surface area contributed by atoms with Crippen molar-refractivity contribution < 1.29 is 0 Å². The molecule has 0 saturated carbocycles. The first-order valence-corrected chi connectivity index (χ1v) is 6.49. The molecule has 0 saturated heterocycles. The van der Waals surface area contributed by atoms with Gasteiger partial charge in [0.2, 0.25) is 0 Å². The predicted octanol–water partition coefficient (Wildman–Crippen LogP) is 5.07. The first kappa shape index (κ1) is 11.9. The van der Waals surface area contributed by atoms with Crippen molar-refractivity contribution in [3.63, 3.8) is 0 Å². The van der Waals surface area contributed by atoms with Crippen LogP contribution in [0.1, 0.15) is 0 Å². The Morgan fingerprint density at radius 1 is 0.737 bits per heavy atom. The lowest BCUT2D eigenvalue weighted by Gasteiger charge is -2.10. The van der Waals surface area contributed by atoms with Crippen LogP contribution in [0.4, 0.5) is 0 Å². The van der Waals surface area contributed by atoms with Crippen molar-refractivity contribution >= 4 is 11.6 Å². The van der Waals surface area contributed by atoms with Crippen LogP contribution in [0.15, 0.2) is 72.9 Å². The third-order valence-electron chi connectivity index (χ3n) is 3.01. The van der Waals surface area contributed by atoms with Crippen LogP contribution >= 0.6 is 11.6 Å². The van der Waals surface area contributed by atoms with Crippen molar-refractivity contribution in [1.29, 1.82) is 0 Å². The first-order valence-electron chi connectivity index (χ1n) is 6.11. The largest absolute Gasteiger partial charge is 0.256 e. The standard InChI is InChI=1S/C17H12ClN/c18-14-9-10-15(17-8-4-5-11-19-17)16(12-14)13-6-2-1-3-7-13/h1-12H. The van der Waals surface area contributed by atoms with E-state index >= 15 is 0 Å². The highest BCUT2D eigenvalue weighted by Crippen LogP contribution is 2.32. The Morgan fingerprint density at radius 2 is 1.53 bits per heavy atom. The number of rotatable bonds is 2. The molecule has 0 N–H and O–H groups in total. The van der Waals surface area contributed by atoms with Crippen molar-refractivity contribution in [3.05, 3.63) is 77.9 Å². The maximum Gasteiger partial charge on any atom is 0.0708 e. The van der Waals surface area contributed by atoms with Crippen LogP contribution in [-0.4, -0.2) is 4.98 Å². The molecule has 0 aliphatic carbocycles. The van der Waals surface area contributed by atoms with E-state index in [4.69, 9.17) is 11.6 Å². The number of hydrogen-bond acceptors (Lipinski definition) is 1. The van der Waals surface area contributed by atoms with E-state index in [-0.39, 0.29) is 0 Å². The monoisotopic (exact) mass is 265 g/mol. The summed E-state index contributed by atoms with van der Waals surface area (Å²) < 4.78 is 0. The van der Waals surface area contributed by atoms with Gasteiger partial charge in [0.05, 0.1) is 5.69 Å². The second kappa shape index (κ2) is 5.25. The molecule has 1 heterocycles. The van der Waals surface area contributed by atoms with Gasteiger partial charge >= 0.3 is 0 Å². The van der Waals surface area contributed by atoms with E-state index in [2.05, 4.69) is 17.1 Å². The van der Waals surface area contributed by atoms with Gasteiger partial charge in [-0.3, -0.25) is 4.98 Å².